The summed E-state index contributed by atoms with van der Waals surface area (Å²) in [5.41, 5.74) is 3.01. The summed E-state index contributed by atoms with van der Waals surface area (Å²) in [6.45, 7) is 0. The molecule has 1 aliphatic rings. The number of hydrogen-bond donors (Lipinski definition) is 2. The van der Waals surface area contributed by atoms with Crippen molar-refractivity contribution in [2.24, 2.45) is 5.92 Å². The number of hydrogen-bond acceptors (Lipinski definition) is 5. The number of nitrogens with zero attached hydrogens (tertiary/aromatic N) is 2. The standard InChI is InChI=1S/C25H27N3O3S/c29-23(30)15-8-17-6-9-19(10-7-17)20-11-13-21(14-12-20)24(31)26-25-28-27-22(32-25)16-18-4-2-1-3-5-18/h1-5,11-14,17,19H,6-10,15-16H2,(H,29,30)(H,26,28,31)/t17-,19-. The summed E-state index contributed by atoms with van der Waals surface area (Å²) in [6, 6.07) is 17.9. The zero-order valence-corrected chi connectivity index (χ0v) is 18.7. The van der Waals surface area contributed by atoms with Gasteiger partial charge in [0.15, 0.2) is 0 Å². The van der Waals surface area contributed by atoms with Gasteiger partial charge in [-0.1, -0.05) is 53.8 Å². The van der Waals surface area contributed by atoms with E-state index in [0.717, 1.165) is 42.7 Å². The van der Waals surface area contributed by atoms with Crippen molar-refractivity contribution in [3.05, 3.63) is 76.3 Å². The van der Waals surface area contributed by atoms with E-state index in [0.29, 0.717) is 29.0 Å². The largest absolute Gasteiger partial charge is 0.481 e. The van der Waals surface area contributed by atoms with E-state index in [9.17, 15) is 9.59 Å². The van der Waals surface area contributed by atoms with E-state index in [1.165, 1.54) is 16.9 Å². The molecule has 1 aromatic heterocycles. The van der Waals surface area contributed by atoms with Crippen molar-refractivity contribution in [1.82, 2.24) is 10.2 Å². The third-order valence-corrected chi connectivity index (χ3v) is 6.98. The molecule has 3 aromatic rings. The zero-order valence-electron chi connectivity index (χ0n) is 17.9. The minimum absolute atomic E-state index is 0.184. The molecule has 1 aliphatic carbocycles. The van der Waals surface area contributed by atoms with E-state index >= 15 is 0 Å². The number of anilines is 1. The molecule has 0 spiro atoms. The van der Waals surface area contributed by atoms with Gasteiger partial charge in [-0.3, -0.25) is 14.9 Å². The molecule has 7 heteroatoms. The normalized spacial score (nSPS) is 18.2. The number of aromatic nitrogens is 2. The number of rotatable bonds is 8. The third kappa shape index (κ3) is 6.01. The second kappa shape index (κ2) is 10.5. The lowest BCUT2D eigenvalue weighted by Gasteiger charge is -2.28. The molecule has 0 saturated heterocycles. The molecule has 0 aliphatic heterocycles. The number of carbonyl (C=O) groups excluding carboxylic acids is 1. The van der Waals surface area contributed by atoms with Crippen molar-refractivity contribution < 1.29 is 14.7 Å². The fourth-order valence-corrected chi connectivity index (χ4v) is 5.10. The molecule has 1 amide bonds. The SMILES string of the molecule is O=C(O)CC[C@H]1CC[C@H](c2ccc(C(=O)Nc3nnc(Cc4ccccc4)s3)cc2)CC1. The highest BCUT2D eigenvalue weighted by atomic mass is 32.1. The van der Waals surface area contributed by atoms with E-state index < -0.39 is 5.97 Å². The molecule has 166 valence electrons. The van der Waals surface area contributed by atoms with Crippen LogP contribution in [0.1, 0.15) is 70.9 Å². The topological polar surface area (TPSA) is 92.2 Å². The highest BCUT2D eigenvalue weighted by Gasteiger charge is 2.23. The van der Waals surface area contributed by atoms with Gasteiger partial charge in [0.25, 0.3) is 5.91 Å². The van der Waals surface area contributed by atoms with Crippen molar-refractivity contribution in [3.63, 3.8) is 0 Å². The van der Waals surface area contributed by atoms with E-state index in [1.54, 1.807) is 0 Å². The lowest BCUT2D eigenvalue weighted by molar-refractivity contribution is -0.137. The third-order valence-electron chi connectivity index (χ3n) is 6.14. The van der Waals surface area contributed by atoms with Gasteiger partial charge in [-0.25, -0.2) is 0 Å². The number of carboxylic acids is 1. The number of aliphatic carboxylic acids is 1. The van der Waals surface area contributed by atoms with Gasteiger partial charge in [0.1, 0.15) is 5.01 Å². The predicted molar refractivity (Wildman–Crippen MR) is 125 cm³/mol. The van der Waals surface area contributed by atoms with Crippen molar-refractivity contribution in [2.75, 3.05) is 5.32 Å². The Morgan fingerprint density at radius 1 is 0.969 bits per heavy atom. The molecule has 2 aromatic carbocycles. The van der Waals surface area contributed by atoms with Crippen LogP contribution in [0.4, 0.5) is 5.13 Å². The van der Waals surface area contributed by atoms with Gasteiger partial charge in [0.05, 0.1) is 0 Å². The van der Waals surface area contributed by atoms with Crippen LogP contribution in [0, 0.1) is 5.92 Å². The summed E-state index contributed by atoms with van der Waals surface area (Å²) in [7, 11) is 0. The van der Waals surface area contributed by atoms with Gasteiger partial charge < -0.3 is 5.11 Å². The summed E-state index contributed by atoms with van der Waals surface area (Å²) in [6.07, 6.45) is 6.03. The first-order chi connectivity index (χ1) is 15.6. The molecule has 6 nitrogen and oxygen atoms in total. The number of amides is 1. The van der Waals surface area contributed by atoms with Crippen LogP contribution < -0.4 is 5.32 Å². The number of benzene rings is 2. The van der Waals surface area contributed by atoms with Crippen LogP contribution >= 0.6 is 11.3 Å². The smallest absolute Gasteiger partial charge is 0.303 e. The maximum atomic E-state index is 12.6. The first kappa shape index (κ1) is 22.1. The maximum absolute atomic E-state index is 12.6. The molecule has 2 N–H and O–H groups in total. The quantitative estimate of drug-likeness (QED) is 0.472. The van der Waals surface area contributed by atoms with Gasteiger partial charge in [0, 0.05) is 18.4 Å². The maximum Gasteiger partial charge on any atom is 0.303 e. The second-order valence-corrected chi connectivity index (χ2v) is 9.45. The number of carbonyl (C=O) groups is 2. The van der Waals surface area contributed by atoms with Crippen molar-refractivity contribution in [1.29, 1.82) is 0 Å². The Kier molecular flexibility index (Phi) is 7.27. The van der Waals surface area contributed by atoms with Crippen molar-refractivity contribution >= 4 is 28.3 Å². The fraction of sp³-hybridized carbons (Fsp3) is 0.360. The fourth-order valence-electron chi connectivity index (χ4n) is 4.33. The first-order valence-electron chi connectivity index (χ1n) is 11.1. The second-order valence-electron chi connectivity index (χ2n) is 8.39. The lowest BCUT2D eigenvalue weighted by Crippen LogP contribution is -2.15. The predicted octanol–water partition coefficient (Wildman–Crippen LogP) is 5.52. The van der Waals surface area contributed by atoms with E-state index in [2.05, 4.69) is 15.5 Å². The Labute approximate surface area is 191 Å². The van der Waals surface area contributed by atoms with Gasteiger partial charge in [0.2, 0.25) is 5.13 Å². The zero-order chi connectivity index (χ0) is 22.3. The van der Waals surface area contributed by atoms with Crippen LogP contribution in [0.25, 0.3) is 0 Å². The van der Waals surface area contributed by atoms with Crippen LogP contribution in [-0.4, -0.2) is 27.2 Å². The van der Waals surface area contributed by atoms with Gasteiger partial charge >= 0.3 is 5.97 Å². The Hall–Kier alpha value is -3.06. The first-order valence-corrected chi connectivity index (χ1v) is 11.9. The Balaban J connectivity index is 1.29. The average Bonchev–Trinajstić information content (AvgIpc) is 3.25. The Morgan fingerprint density at radius 3 is 2.38 bits per heavy atom. The van der Waals surface area contributed by atoms with Crippen LogP contribution in [0.5, 0.6) is 0 Å². The number of carboxylic acid groups (broad SMARTS) is 1. The molecule has 0 unspecified atom stereocenters. The number of nitrogens with one attached hydrogen (secondary N) is 1. The molecule has 0 bridgehead atoms. The molecular formula is C25H27N3O3S. The van der Waals surface area contributed by atoms with Gasteiger partial charge in [-0.2, -0.15) is 0 Å². The molecule has 1 heterocycles. The summed E-state index contributed by atoms with van der Waals surface area (Å²) < 4.78 is 0. The van der Waals surface area contributed by atoms with Crippen molar-refractivity contribution in [3.8, 4) is 0 Å². The molecule has 0 atom stereocenters. The molecule has 1 saturated carbocycles. The molecular weight excluding hydrogens is 422 g/mol. The molecule has 32 heavy (non-hydrogen) atoms. The monoisotopic (exact) mass is 449 g/mol. The molecule has 0 radical (unpaired) electrons. The lowest BCUT2D eigenvalue weighted by atomic mass is 9.77. The summed E-state index contributed by atoms with van der Waals surface area (Å²) in [4.78, 5) is 23.4. The van der Waals surface area contributed by atoms with E-state index in [1.807, 2.05) is 54.6 Å². The van der Waals surface area contributed by atoms with Crippen LogP contribution in [-0.2, 0) is 11.2 Å². The van der Waals surface area contributed by atoms with Crippen LogP contribution in [0.3, 0.4) is 0 Å². The Morgan fingerprint density at radius 2 is 1.69 bits per heavy atom. The average molecular weight is 450 g/mol. The summed E-state index contributed by atoms with van der Waals surface area (Å²) in [5.74, 6) is 0.112. The van der Waals surface area contributed by atoms with Crippen molar-refractivity contribution in [2.45, 2.75) is 50.9 Å². The summed E-state index contributed by atoms with van der Waals surface area (Å²) in [5, 5.41) is 21.4. The minimum Gasteiger partial charge on any atom is -0.481 e. The highest BCUT2D eigenvalue weighted by molar-refractivity contribution is 7.15. The molecule has 1 fully saturated rings. The minimum atomic E-state index is -0.707. The van der Waals surface area contributed by atoms with Crippen LogP contribution in [0.2, 0.25) is 0 Å². The van der Waals surface area contributed by atoms with E-state index in [4.69, 9.17) is 5.11 Å². The summed E-state index contributed by atoms with van der Waals surface area (Å²) >= 11 is 1.39. The van der Waals surface area contributed by atoms with Crippen LogP contribution in [0.15, 0.2) is 54.6 Å². The Bertz CT molecular complexity index is 1040. The van der Waals surface area contributed by atoms with E-state index in [-0.39, 0.29) is 12.3 Å². The van der Waals surface area contributed by atoms with Gasteiger partial charge in [-0.05, 0) is 67.2 Å². The molecule has 4 rings (SSSR count). The van der Waals surface area contributed by atoms with Gasteiger partial charge in [-0.15, -0.1) is 10.2 Å². The highest BCUT2D eigenvalue weighted by Crippen LogP contribution is 2.37.